The number of carbonyl (C=O) groups excluding carboxylic acids is 1. The van der Waals surface area contributed by atoms with Crippen molar-refractivity contribution in [2.75, 3.05) is 5.75 Å². The first-order valence-corrected chi connectivity index (χ1v) is 10.8. The van der Waals surface area contributed by atoms with E-state index < -0.39 is 9.84 Å². The summed E-state index contributed by atoms with van der Waals surface area (Å²) in [6.07, 6.45) is 0. The Hall–Kier alpha value is -2.64. The molecular weight excluding hydrogens is 398 g/mol. The predicted octanol–water partition coefficient (Wildman–Crippen LogP) is 3.23. The Labute approximate surface area is 168 Å². The molecule has 0 unspecified atom stereocenters. The predicted molar refractivity (Wildman–Crippen MR) is 107 cm³/mol. The molecule has 6 nitrogen and oxygen atoms in total. The summed E-state index contributed by atoms with van der Waals surface area (Å²) in [6, 6.07) is 14.6. The Morgan fingerprint density at radius 3 is 2.61 bits per heavy atom. The molecule has 144 valence electrons. The van der Waals surface area contributed by atoms with Crippen molar-refractivity contribution in [3.05, 3.63) is 70.4 Å². The molecule has 1 aliphatic heterocycles. The molecule has 1 N–H and O–H groups in total. The molecule has 0 saturated heterocycles. The third-order valence-electron chi connectivity index (χ3n) is 4.83. The fourth-order valence-electron chi connectivity index (χ4n) is 3.29. The van der Waals surface area contributed by atoms with Crippen LogP contribution in [-0.4, -0.2) is 29.6 Å². The van der Waals surface area contributed by atoms with E-state index in [1.165, 1.54) is 4.57 Å². The average molecular weight is 416 g/mol. The van der Waals surface area contributed by atoms with E-state index in [-0.39, 0.29) is 29.1 Å². The number of sulfone groups is 1. The van der Waals surface area contributed by atoms with E-state index in [0.29, 0.717) is 22.8 Å². The first-order valence-electron chi connectivity index (χ1n) is 8.79. The zero-order valence-electron chi connectivity index (χ0n) is 15.1. The Kier molecular flexibility index (Phi) is 4.72. The fourth-order valence-corrected chi connectivity index (χ4v) is 4.77. The molecule has 0 fully saturated rings. The van der Waals surface area contributed by atoms with Gasteiger partial charge >= 0.3 is 0 Å². The molecule has 4 rings (SSSR count). The van der Waals surface area contributed by atoms with E-state index in [2.05, 4.69) is 10.3 Å². The van der Waals surface area contributed by atoms with Crippen LogP contribution >= 0.6 is 11.6 Å². The van der Waals surface area contributed by atoms with Crippen LogP contribution in [0.15, 0.2) is 53.7 Å². The molecule has 0 bridgehead atoms. The lowest BCUT2D eigenvalue weighted by atomic mass is 10.1. The monoisotopic (exact) mass is 415 g/mol. The second-order valence-electron chi connectivity index (χ2n) is 6.68. The fraction of sp³-hybridized carbons (Fsp3) is 0.200. The molecule has 0 radical (unpaired) electrons. The number of imidazole rings is 1. The molecular formula is C20H18ClN3O3S. The van der Waals surface area contributed by atoms with Crippen LogP contribution in [-0.2, 0) is 22.9 Å². The van der Waals surface area contributed by atoms with Gasteiger partial charge in [-0.1, -0.05) is 48.0 Å². The number of halogens is 1. The number of aromatic nitrogens is 2. The summed E-state index contributed by atoms with van der Waals surface area (Å²) in [7, 11) is -3.48. The van der Waals surface area contributed by atoms with E-state index in [1.54, 1.807) is 24.3 Å². The van der Waals surface area contributed by atoms with Gasteiger partial charge in [-0.05, 0) is 30.2 Å². The lowest BCUT2D eigenvalue weighted by Crippen LogP contribution is -2.26. The number of benzene rings is 2. The number of carbonyl (C=O) groups is 1. The van der Waals surface area contributed by atoms with Crippen LogP contribution in [0.1, 0.15) is 21.6 Å². The highest BCUT2D eigenvalue weighted by Crippen LogP contribution is 2.31. The van der Waals surface area contributed by atoms with Crippen LogP contribution < -0.4 is 5.32 Å². The minimum atomic E-state index is -3.48. The molecule has 1 amide bonds. The second kappa shape index (κ2) is 7.07. The molecule has 0 spiro atoms. The van der Waals surface area contributed by atoms with Gasteiger partial charge in [-0.15, -0.1) is 0 Å². The highest BCUT2D eigenvalue weighted by atomic mass is 35.5. The Morgan fingerprint density at radius 2 is 1.89 bits per heavy atom. The summed E-state index contributed by atoms with van der Waals surface area (Å²) >= 11 is 5.95. The number of hydrogen-bond acceptors (Lipinski definition) is 4. The molecule has 28 heavy (non-hydrogen) atoms. The van der Waals surface area contributed by atoms with Crippen LogP contribution in [0.4, 0.5) is 0 Å². The number of nitrogens with one attached hydrogen (secondary N) is 1. The molecule has 0 aliphatic carbocycles. The highest BCUT2D eigenvalue weighted by Gasteiger charge is 2.35. The summed E-state index contributed by atoms with van der Waals surface area (Å²) in [4.78, 5) is 17.3. The van der Waals surface area contributed by atoms with E-state index in [9.17, 15) is 13.2 Å². The minimum absolute atomic E-state index is 0.0473. The Balaban J connectivity index is 1.74. The molecule has 1 aliphatic rings. The zero-order chi connectivity index (χ0) is 19.9. The Morgan fingerprint density at radius 1 is 1.18 bits per heavy atom. The normalized spacial score (nSPS) is 14.6. The van der Waals surface area contributed by atoms with Crippen molar-refractivity contribution < 1.29 is 13.2 Å². The van der Waals surface area contributed by atoms with Gasteiger partial charge in [0, 0.05) is 23.7 Å². The SMILES string of the molecule is Cc1ccccc1CNC(=O)c1c(-c2ccc(Cl)cc2)nc2n1CCS2(=O)=O. The van der Waals surface area contributed by atoms with Crippen molar-refractivity contribution in [2.24, 2.45) is 0 Å². The number of hydrogen-bond donors (Lipinski definition) is 1. The van der Waals surface area contributed by atoms with Crippen molar-refractivity contribution in [3.8, 4) is 11.3 Å². The number of amides is 1. The third-order valence-corrected chi connectivity index (χ3v) is 6.67. The summed E-state index contributed by atoms with van der Waals surface area (Å²) < 4.78 is 26.1. The topological polar surface area (TPSA) is 81.1 Å². The zero-order valence-corrected chi connectivity index (χ0v) is 16.7. The van der Waals surface area contributed by atoms with Gasteiger partial charge in [-0.2, -0.15) is 0 Å². The van der Waals surface area contributed by atoms with Crippen molar-refractivity contribution in [2.45, 2.75) is 25.2 Å². The summed E-state index contributed by atoms with van der Waals surface area (Å²) in [5.74, 6) is -0.405. The van der Waals surface area contributed by atoms with Crippen LogP contribution in [0.2, 0.25) is 5.02 Å². The molecule has 3 aromatic rings. The largest absolute Gasteiger partial charge is 0.347 e. The van der Waals surface area contributed by atoms with Gasteiger partial charge in [-0.3, -0.25) is 4.79 Å². The maximum Gasteiger partial charge on any atom is 0.270 e. The lowest BCUT2D eigenvalue weighted by Gasteiger charge is -2.10. The van der Waals surface area contributed by atoms with Gasteiger partial charge in [0.05, 0.1) is 5.75 Å². The smallest absolute Gasteiger partial charge is 0.270 e. The molecule has 1 aromatic heterocycles. The molecule has 2 aromatic carbocycles. The van der Waals surface area contributed by atoms with Crippen LogP contribution in [0.5, 0.6) is 0 Å². The minimum Gasteiger partial charge on any atom is -0.347 e. The van der Waals surface area contributed by atoms with E-state index in [0.717, 1.165) is 11.1 Å². The van der Waals surface area contributed by atoms with Gasteiger partial charge in [0.25, 0.3) is 5.91 Å². The average Bonchev–Trinajstić information content (AvgIpc) is 3.19. The molecule has 0 atom stereocenters. The van der Waals surface area contributed by atoms with Gasteiger partial charge in [0.15, 0.2) is 0 Å². The van der Waals surface area contributed by atoms with Gasteiger partial charge < -0.3 is 9.88 Å². The number of rotatable bonds is 4. The van der Waals surface area contributed by atoms with Crippen LogP contribution in [0, 0.1) is 6.92 Å². The van der Waals surface area contributed by atoms with Crippen LogP contribution in [0.3, 0.4) is 0 Å². The van der Waals surface area contributed by atoms with Gasteiger partial charge in [0.2, 0.25) is 15.0 Å². The van der Waals surface area contributed by atoms with Gasteiger partial charge in [0.1, 0.15) is 11.4 Å². The number of aryl methyl sites for hydroxylation is 1. The first-order chi connectivity index (χ1) is 13.4. The Bertz CT molecular complexity index is 1170. The van der Waals surface area contributed by atoms with Crippen molar-refractivity contribution in [1.29, 1.82) is 0 Å². The first kappa shape index (κ1) is 18.7. The lowest BCUT2D eigenvalue weighted by molar-refractivity contribution is 0.0942. The van der Waals surface area contributed by atoms with Crippen LogP contribution in [0.25, 0.3) is 11.3 Å². The number of fused-ring (bicyclic) bond motifs is 1. The molecule has 8 heteroatoms. The van der Waals surface area contributed by atoms with Crippen molar-refractivity contribution in [1.82, 2.24) is 14.9 Å². The van der Waals surface area contributed by atoms with Gasteiger partial charge in [-0.25, -0.2) is 13.4 Å². The maximum atomic E-state index is 13.0. The van der Waals surface area contributed by atoms with E-state index >= 15 is 0 Å². The quantitative estimate of drug-likeness (QED) is 0.709. The third kappa shape index (κ3) is 3.31. The standard InChI is InChI=1S/C20H18ClN3O3S/c1-13-4-2-3-5-15(13)12-22-19(25)18-17(14-6-8-16(21)9-7-14)23-20-24(18)10-11-28(20,26)27/h2-9H,10-12H2,1H3,(H,22,25). The van der Waals surface area contributed by atoms with Crippen molar-refractivity contribution in [3.63, 3.8) is 0 Å². The maximum absolute atomic E-state index is 13.0. The van der Waals surface area contributed by atoms with Crippen molar-refractivity contribution >= 4 is 27.3 Å². The molecule has 0 saturated carbocycles. The number of nitrogens with zero attached hydrogens (tertiary/aromatic N) is 2. The summed E-state index contributed by atoms with van der Waals surface area (Å²) in [5, 5.41) is 3.39. The summed E-state index contributed by atoms with van der Waals surface area (Å²) in [6.45, 7) is 2.54. The highest BCUT2D eigenvalue weighted by molar-refractivity contribution is 7.91. The van der Waals surface area contributed by atoms with E-state index in [4.69, 9.17) is 11.6 Å². The summed E-state index contributed by atoms with van der Waals surface area (Å²) in [5.41, 5.74) is 3.31. The van der Waals surface area contributed by atoms with E-state index in [1.807, 2.05) is 31.2 Å². The molecule has 2 heterocycles. The second-order valence-corrected chi connectivity index (χ2v) is 9.12.